The molecule has 0 aromatic heterocycles. The summed E-state index contributed by atoms with van der Waals surface area (Å²) in [6, 6.07) is 4.94. The first kappa shape index (κ1) is 17.9. The van der Waals surface area contributed by atoms with E-state index in [0.717, 1.165) is 19.3 Å². The highest BCUT2D eigenvalue weighted by Crippen LogP contribution is 2.32. The summed E-state index contributed by atoms with van der Waals surface area (Å²) in [6.45, 7) is 0.468. The lowest BCUT2D eigenvalue weighted by Gasteiger charge is -2.35. The highest BCUT2D eigenvalue weighted by Gasteiger charge is 2.27. The molecule has 7 heteroatoms. The number of hydrogen-bond acceptors (Lipinski definition) is 3. The van der Waals surface area contributed by atoms with Crippen LogP contribution in [0.5, 0.6) is 5.75 Å². The Hall–Kier alpha value is -1.46. The van der Waals surface area contributed by atoms with Crippen LogP contribution in [0.15, 0.2) is 18.2 Å². The summed E-state index contributed by atoms with van der Waals surface area (Å²) in [5, 5.41) is 9.53. The van der Waals surface area contributed by atoms with Crippen molar-refractivity contribution in [1.82, 2.24) is 4.90 Å². The second kappa shape index (κ2) is 8.41. The van der Waals surface area contributed by atoms with Crippen LogP contribution in [0.3, 0.4) is 0 Å². The van der Waals surface area contributed by atoms with E-state index in [1.807, 2.05) is 0 Å². The molecule has 0 spiro atoms. The topological polar surface area (TPSA) is 66.8 Å². The van der Waals surface area contributed by atoms with Gasteiger partial charge in [-0.2, -0.15) is 0 Å². The number of aliphatic carboxylic acids is 1. The summed E-state index contributed by atoms with van der Waals surface area (Å²) in [7, 11) is 0. The Labute approximate surface area is 145 Å². The third-order valence-corrected chi connectivity index (χ3v) is 4.49. The number of ether oxygens (including phenoxy) is 1. The zero-order chi connectivity index (χ0) is 16.8. The highest BCUT2D eigenvalue weighted by atomic mass is 35.5. The van der Waals surface area contributed by atoms with E-state index in [2.05, 4.69) is 0 Å². The summed E-state index contributed by atoms with van der Waals surface area (Å²) >= 11 is 12.0. The first-order chi connectivity index (χ1) is 11.0. The minimum Gasteiger partial charge on any atom is -0.481 e. The Morgan fingerprint density at radius 1 is 1.26 bits per heavy atom. The molecule has 0 saturated carbocycles. The smallest absolute Gasteiger partial charge is 0.303 e. The number of piperidine rings is 1. The molecule has 0 radical (unpaired) electrons. The number of carbonyl (C=O) groups excluding carboxylic acids is 1. The molecule has 23 heavy (non-hydrogen) atoms. The number of rotatable bonds is 6. The largest absolute Gasteiger partial charge is 0.481 e. The van der Waals surface area contributed by atoms with Gasteiger partial charge in [0, 0.05) is 19.0 Å². The third kappa shape index (κ3) is 5.01. The van der Waals surface area contributed by atoms with E-state index in [1.54, 1.807) is 23.1 Å². The predicted octanol–water partition coefficient (Wildman–Crippen LogP) is 3.62. The fraction of sp³-hybridized carbons (Fsp3) is 0.500. The standard InChI is InChI=1S/C16H19Cl2NO4/c17-12-5-3-6-13(18)16(12)23-10-14(20)19-9-2-1-4-11(19)7-8-15(21)22/h3,5-6,11H,1-2,4,7-10H2,(H,21,22). The molecule has 5 nitrogen and oxygen atoms in total. The van der Waals surface area contributed by atoms with Gasteiger partial charge in [0.1, 0.15) is 0 Å². The Morgan fingerprint density at radius 3 is 2.61 bits per heavy atom. The molecule has 1 aromatic carbocycles. The first-order valence-electron chi connectivity index (χ1n) is 7.57. The van der Waals surface area contributed by atoms with Gasteiger partial charge in [0.05, 0.1) is 10.0 Å². The average molecular weight is 360 g/mol. The van der Waals surface area contributed by atoms with Crippen LogP contribution in [0, 0.1) is 0 Å². The van der Waals surface area contributed by atoms with Crippen molar-refractivity contribution in [1.29, 1.82) is 0 Å². The minimum atomic E-state index is -0.845. The van der Waals surface area contributed by atoms with Crippen LogP contribution < -0.4 is 4.74 Å². The maximum atomic E-state index is 12.4. The average Bonchev–Trinajstić information content (AvgIpc) is 2.52. The molecule has 1 fully saturated rings. The molecule has 1 atom stereocenters. The number of nitrogens with zero attached hydrogens (tertiary/aromatic N) is 1. The van der Waals surface area contributed by atoms with Crippen LogP contribution in [-0.2, 0) is 9.59 Å². The Balaban J connectivity index is 1.96. The number of carboxylic acids is 1. The van der Waals surface area contributed by atoms with Gasteiger partial charge in [-0.3, -0.25) is 9.59 Å². The lowest BCUT2D eigenvalue weighted by Crippen LogP contribution is -2.46. The maximum absolute atomic E-state index is 12.4. The van der Waals surface area contributed by atoms with E-state index in [-0.39, 0.29) is 25.0 Å². The molecule has 1 saturated heterocycles. The SMILES string of the molecule is O=C(O)CCC1CCCCN1C(=O)COc1c(Cl)cccc1Cl. The minimum absolute atomic E-state index is 0.0438. The third-order valence-electron chi connectivity index (χ3n) is 3.90. The molecule has 1 aromatic rings. The Bertz CT molecular complexity index is 559. The number of hydrogen-bond donors (Lipinski definition) is 1. The van der Waals surface area contributed by atoms with Crippen molar-refractivity contribution in [3.63, 3.8) is 0 Å². The van der Waals surface area contributed by atoms with Crippen molar-refractivity contribution in [2.75, 3.05) is 13.2 Å². The number of benzene rings is 1. The quantitative estimate of drug-likeness (QED) is 0.842. The maximum Gasteiger partial charge on any atom is 0.303 e. The molecular formula is C16H19Cl2NO4. The van der Waals surface area contributed by atoms with E-state index < -0.39 is 5.97 Å². The van der Waals surface area contributed by atoms with E-state index in [1.165, 1.54) is 0 Å². The summed E-state index contributed by atoms with van der Waals surface area (Å²) in [6.07, 6.45) is 3.28. The van der Waals surface area contributed by atoms with Crippen molar-refractivity contribution in [2.45, 2.75) is 38.1 Å². The van der Waals surface area contributed by atoms with Gasteiger partial charge in [0.25, 0.3) is 5.91 Å². The van der Waals surface area contributed by atoms with Crippen LogP contribution in [0.2, 0.25) is 10.0 Å². The van der Waals surface area contributed by atoms with Crippen molar-refractivity contribution >= 4 is 35.1 Å². The lowest BCUT2D eigenvalue weighted by molar-refractivity contribution is -0.141. The second-order valence-corrected chi connectivity index (χ2v) is 6.32. The molecule has 1 heterocycles. The van der Waals surface area contributed by atoms with Crippen molar-refractivity contribution in [2.24, 2.45) is 0 Å². The molecule has 2 rings (SSSR count). The first-order valence-corrected chi connectivity index (χ1v) is 8.32. The van der Waals surface area contributed by atoms with Crippen molar-refractivity contribution in [3.05, 3.63) is 28.2 Å². The fourth-order valence-corrected chi connectivity index (χ4v) is 3.26. The molecule has 1 unspecified atom stereocenters. The molecule has 1 aliphatic heterocycles. The molecule has 0 aliphatic carbocycles. The van der Waals surface area contributed by atoms with E-state index in [4.69, 9.17) is 33.0 Å². The van der Waals surface area contributed by atoms with Gasteiger partial charge >= 0.3 is 5.97 Å². The van der Waals surface area contributed by atoms with Gasteiger partial charge < -0.3 is 14.7 Å². The van der Waals surface area contributed by atoms with E-state index >= 15 is 0 Å². The summed E-state index contributed by atoms with van der Waals surface area (Å²) in [5.41, 5.74) is 0. The summed E-state index contributed by atoms with van der Waals surface area (Å²) < 4.78 is 5.49. The molecule has 126 valence electrons. The van der Waals surface area contributed by atoms with Gasteiger partial charge in [0.2, 0.25) is 0 Å². The van der Waals surface area contributed by atoms with Crippen LogP contribution in [0.25, 0.3) is 0 Å². The van der Waals surface area contributed by atoms with Crippen LogP contribution in [-0.4, -0.2) is 41.1 Å². The second-order valence-electron chi connectivity index (χ2n) is 5.51. The predicted molar refractivity (Wildman–Crippen MR) is 88.2 cm³/mol. The number of amides is 1. The zero-order valence-electron chi connectivity index (χ0n) is 12.6. The molecule has 1 aliphatic rings. The van der Waals surface area contributed by atoms with E-state index in [0.29, 0.717) is 28.8 Å². The Morgan fingerprint density at radius 2 is 1.96 bits per heavy atom. The van der Waals surface area contributed by atoms with Crippen molar-refractivity contribution in [3.8, 4) is 5.75 Å². The van der Waals surface area contributed by atoms with Crippen LogP contribution in [0.4, 0.5) is 0 Å². The van der Waals surface area contributed by atoms with Crippen molar-refractivity contribution < 1.29 is 19.4 Å². The number of para-hydroxylation sites is 1. The lowest BCUT2D eigenvalue weighted by atomic mass is 9.98. The van der Waals surface area contributed by atoms with Crippen LogP contribution >= 0.6 is 23.2 Å². The van der Waals surface area contributed by atoms with E-state index in [9.17, 15) is 9.59 Å². The molecule has 1 N–H and O–H groups in total. The molecule has 1 amide bonds. The van der Waals surface area contributed by atoms with Gasteiger partial charge in [0.15, 0.2) is 12.4 Å². The molecule has 0 bridgehead atoms. The number of likely N-dealkylation sites (tertiary alicyclic amines) is 1. The number of carbonyl (C=O) groups is 2. The van der Waals surface area contributed by atoms with Gasteiger partial charge in [-0.25, -0.2) is 0 Å². The monoisotopic (exact) mass is 359 g/mol. The fourth-order valence-electron chi connectivity index (χ4n) is 2.76. The van der Waals surface area contributed by atoms with Gasteiger partial charge in [-0.15, -0.1) is 0 Å². The number of carboxylic acid groups (broad SMARTS) is 1. The summed E-state index contributed by atoms with van der Waals surface area (Å²) in [4.78, 5) is 24.9. The highest BCUT2D eigenvalue weighted by molar-refractivity contribution is 6.37. The Kier molecular flexibility index (Phi) is 6.54. The van der Waals surface area contributed by atoms with Gasteiger partial charge in [-0.1, -0.05) is 29.3 Å². The molecular weight excluding hydrogens is 341 g/mol. The normalized spacial score (nSPS) is 17.8. The summed E-state index contributed by atoms with van der Waals surface area (Å²) in [5.74, 6) is -0.721. The van der Waals surface area contributed by atoms with Gasteiger partial charge in [-0.05, 0) is 37.8 Å². The van der Waals surface area contributed by atoms with Crippen LogP contribution in [0.1, 0.15) is 32.1 Å². The number of halogens is 2. The zero-order valence-corrected chi connectivity index (χ0v) is 14.1.